The van der Waals surface area contributed by atoms with E-state index in [0.29, 0.717) is 41.2 Å². The number of hydrogen-bond donors (Lipinski definition) is 2. The fourth-order valence-corrected chi connectivity index (χ4v) is 4.15. The summed E-state index contributed by atoms with van der Waals surface area (Å²) in [5, 5.41) is 5.22. The van der Waals surface area contributed by atoms with Crippen LogP contribution in [0.3, 0.4) is 0 Å². The highest BCUT2D eigenvalue weighted by atomic mass is 79.9. The van der Waals surface area contributed by atoms with Crippen molar-refractivity contribution in [1.29, 1.82) is 0 Å². The highest BCUT2D eigenvalue weighted by Gasteiger charge is 2.26. The van der Waals surface area contributed by atoms with Crippen LogP contribution in [0.1, 0.15) is 28.8 Å². The van der Waals surface area contributed by atoms with E-state index in [1.54, 1.807) is 17.9 Å². The van der Waals surface area contributed by atoms with Crippen LogP contribution in [-0.4, -0.2) is 38.9 Å². The number of primary sulfonamides is 1. The van der Waals surface area contributed by atoms with E-state index < -0.39 is 10.0 Å². The van der Waals surface area contributed by atoms with Gasteiger partial charge in [0.15, 0.2) is 0 Å². The Morgan fingerprint density at radius 1 is 1.36 bits per heavy atom. The molecular formula is C14H20BrN3O3S. The van der Waals surface area contributed by atoms with Crippen LogP contribution < -0.4 is 10.9 Å². The summed E-state index contributed by atoms with van der Waals surface area (Å²) in [5.41, 5.74) is 6.41. The first-order chi connectivity index (χ1) is 10.2. The molecule has 0 aromatic heterocycles. The molecule has 0 radical (unpaired) electrons. The van der Waals surface area contributed by atoms with E-state index in [4.69, 9.17) is 10.9 Å². The van der Waals surface area contributed by atoms with Crippen molar-refractivity contribution in [2.45, 2.75) is 24.7 Å². The fraction of sp³-hybridized carbons (Fsp3) is 0.500. The number of amides is 1. The van der Waals surface area contributed by atoms with Crippen LogP contribution in [0.5, 0.6) is 0 Å². The van der Waals surface area contributed by atoms with E-state index in [9.17, 15) is 13.2 Å². The molecule has 0 bridgehead atoms. The van der Waals surface area contributed by atoms with Crippen LogP contribution in [0.25, 0.3) is 0 Å². The molecule has 22 heavy (non-hydrogen) atoms. The van der Waals surface area contributed by atoms with Crippen molar-refractivity contribution in [3.8, 4) is 0 Å². The van der Waals surface area contributed by atoms with Crippen molar-refractivity contribution in [3.63, 3.8) is 0 Å². The standard InChI is InChI=1S/C14H20BrN3O3S/c1-9-12(6-11(15)7-13(9)22(17,20)21)14(19)18-4-2-10(8-16)3-5-18/h6-7,10H,2-5,8,16H2,1H3,(H2,17,20,21). The molecule has 0 aliphatic carbocycles. The number of carbonyl (C=O) groups is 1. The van der Waals surface area contributed by atoms with Gasteiger partial charge in [0, 0.05) is 23.1 Å². The number of likely N-dealkylation sites (tertiary alicyclic amines) is 1. The van der Waals surface area contributed by atoms with Crippen LogP contribution in [0, 0.1) is 12.8 Å². The molecule has 1 amide bonds. The molecular weight excluding hydrogens is 370 g/mol. The third-order valence-electron chi connectivity index (χ3n) is 4.10. The minimum Gasteiger partial charge on any atom is -0.339 e. The smallest absolute Gasteiger partial charge is 0.254 e. The van der Waals surface area contributed by atoms with Gasteiger partial charge in [-0.25, -0.2) is 13.6 Å². The van der Waals surface area contributed by atoms with E-state index in [2.05, 4.69) is 15.9 Å². The Bertz CT molecular complexity index is 683. The molecule has 0 atom stereocenters. The summed E-state index contributed by atoms with van der Waals surface area (Å²) < 4.78 is 23.8. The lowest BCUT2D eigenvalue weighted by molar-refractivity contribution is 0.0692. The highest BCUT2D eigenvalue weighted by Crippen LogP contribution is 2.26. The first-order valence-electron chi connectivity index (χ1n) is 7.06. The summed E-state index contributed by atoms with van der Waals surface area (Å²) in [5.74, 6) is 0.284. The first kappa shape index (κ1) is 17.4. The van der Waals surface area contributed by atoms with Crippen molar-refractivity contribution >= 4 is 31.9 Å². The second-order valence-corrected chi connectivity index (χ2v) is 8.04. The van der Waals surface area contributed by atoms with E-state index in [1.807, 2.05) is 0 Å². The van der Waals surface area contributed by atoms with Crippen LogP contribution in [0.4, 0.5) is 0 Å². The van der Waals surface area contributed by atoms with E-state index in [-0.39, 0.29) is 10.8 Å². The van der Waals surface area contributed by atoms with E-state index in [0.717, 1.165) is 12.8 Å². The maximum Gasteiger partial charge on any atom is 0.254 e. The summed E-state index contributed by atoms with van der Waals surface area (Å²) in [6, 6.07) is 3.06. The lowest BCUT2D eigenvalue weighted by atomic mass is 9.96. The summed E-state index contributed by atoms with van der Waals surface area (Å²) in [6.07, 6.45) is 1.74. The number of halogens is 1. The van der Waals surface area contributed by atoms with Gasteiger partial charge < -0.3 is 10.6 Å². The Hall–Kier alpha value is -0.960. The van der Waals surface area contributed by atoms with Gasteiger partial charge >= 0.3 is 0 Å². The molecule has 2 rings (SSSR count). The van der Waals surface area contributed by atoms with Gasteiger partial charge in [-0.2, -0.15) is 0 Å². The predicted molar refractivity (Wildman–Crippen MR) is 87.9 cm³/mol. The first-order valence-corrected chi connectivity index (χ1v) is 9.40. The van der Waals surface area contributed by atoms with Gasteiger partial charge in [-0.3, -0.25) is 4.79 Å². The van der Waals surface area contributed by atoms with Gasteiger partial charge in [0.05, 0.1) is 4.90 Å². The minimum atomic E-state index is -3.87. The Morgan fingerprint density at radius 2 is 1.95 bits per heavy atom. The van der Waals surface area contributed by atoms with E-state index >= 15 is 0 Å². The predicted octanol–water partition coefficient (Wildman–Crippen LogP) is 1.22. The molecule has 1 heterocycles. The summed E-state index contributed by atoms with van der Waals surface area (Å²) in [7, 11) is -3.87. The Kier molecular flexibility index (Phi) is 5.26. The number of benzene rings is 1. The number of nitrogens with zero attached hydrogens (tertiary/aromatic N) is 1. The van der Waals surface area contributed by atoms with Crippen molar-refractivity contribution in [2.24, 2.45) is 16.8 Å². The van der Waals surface area contributed by atoms with Gasteiger partial charge in [-0.05, 0) is 49.9 Å². The normalized spacial score (nSPS) is 16.8. The molecule has 1 fully saturated rings. The number of rotatable bonds is 3. The van der Waals surface area contributed by atoms with Gasteiger partial charge in [0.1, 0.15) is 0 Å². The average Bonchev–Trinajstić information content (AvgIpc) is 2.47. The Morgan fingerprint density at radius 3 is 2.45 bits per heavy atom. The summed E-state index contributed by atoms with van der Waals surface area (Å²) >= 11 is 3.25. The topological polar surface area (TPSA) is 106 Å². The number of carbonyl (C=O) groups excluding carboxylic acids is 1. The minimum absolute atomic E-state index is 0.0259. The monoisotopic (exact) mass is 389 g/mol. The zero-order valence-electron chi connectivity index (χ0n) is 12.4. The largest absolute Gasteiger partial charge is 0.339 e. The van der Waals surface area contributed by atoms with Gasteiger partial charge in [0.25, 0.3) is 5.91 Å². The lowest BCUT2D eigenvalue weighted by Gasteiger charge is -2.32. The van der Waals surface area contributed by atoms with Gasteiger partial charge in [0.2, 0.25) is 10.0 Å². The summed E-state index contributed by atoms with van der Waals surface area (Å²) in [6.45, 7) is 3.51. The molecule has 0 spiro atoms. The van der Waals surface area contributed by atoms with Crippen molar-refractivity contribution in [2.75, 3.05) is 19.6 Å². The van der Waals surface area contributed by atoms with Crippen LogP contribution in [0.2, 0.25) is 0 Å². The van der Waals surface area contributed by atoms with Crippen molar-refractivity contribution in [3.05, 3.63) is 27.7 Å². The molecule has 1 saturated heterocycles. The number of nitrogens with two attached hydrogens (primary N) is 2. The van der Waals surface area contributed by atoms with Gasteiger partial charge in [-0.1, -0.05) is 15.9 Å². The zero-order valence-corrected chi connectivity index (χ0v) is 14.8. The molecule has 1 aromatic carbocycles. The molecule has 6 nitrogen and oxygen atoms in total. The SMILES string of the molecule is Cc1c(C(=O)N2CCC(CN)CC2)cc(Br)cc1S(N)(=O)=O. The van der Waals surface area contributed by atoms with Crippen LogP contribution >= 0.6 is 15.9 Å². The molecule has 8 heteroatoms. The number of piperidine rings is 1. The van der Waals surface area contributed by atoms with Gasteiger partial charge in [-0.15, -0.1) is 0 Å². The van der Waals surface area contributed by atoms with Crippen molar-refractivity contribution < 1.29 is 13.2 Å². The maximum atomic E-state index is 12.7. The summed E-state index contributed by atoms with van der Waals surface area (Å²) in [4.78, 5) is 14.4. The van der Waals surface area contributed by atoms with Crippen LogP contribution in [0.15, 0.2) is 21.5 Å². The quantitative estimate of drug-likeness (QED) is 0.809. The third-order valence-corrected chi connectivity index (χ3v) is 5.59. The Labute approximate surface area is 139 Å². The molecule has 122 valence electrons. The zero-order chi connectivity index (χ0) is 16.5. The van der Waals surface area contributed by atoms with Crippen molar-refractivity contribution in [1.82, 2.24) is 4.90 Å². The van der Waals surface area contributed by atoms with E-state index in [1.165, 1.54) is 6.07 Å². The second kappa shape index (κ2) is 6.66. The van der Waals surface area contributed by atoms with Crippen LogP contribution in [-0.2, 0) is 10.0 Å². The maximum absolute atomic E-state index is 12.7. The average molecular weight is 390 g/mol. The fourth-order valence-electron chi connectivity index (χ4n) is 2.71. The molecule has 1 aliphatic heterocycles. The lowest BCUT2D eigenvalue weighted by Crippen LogP contribution is -2.40. The molecule has 0 saturated carbocycles. The second-order valence-electron chi connectivity index (χ2n) is 5.59. The number of hydrogen-bond acceptors (Lipinski definition) is 4. The third kappa shape index (κ3) is 3.68. The number of sulfonamides is 1. The molecule has 0 unspecified atom stereocenters. The molecule has 1 aromatic rings. The highest BCUT2D eigenvalue weighted by molar-refractivity contribution is 9.10. The molecule has 1 aliphatic rings. The Balaban J connectivity index is 2.33. The molecule has 4 N–H and O–H groups in total.